The van der Waals surface area contributed by atoms with Crippen molar-refractivity contribution in [1.29, 1.82) is 0 Å². The van der Waals surface area contributed by atoms with Crippen molar-refractivity contribution < 1.29 is 14.4 Å². The van der Waals surface area contributed by atoms with Crippen LogP contribution in [-0.2, 0) is 4.57 Å². The highest BCUT2D eigenvalue weighted by atomic mass is 35.5. The van der Waals surface area contributed by atoms with Gasteiger partial charge in [0, 0.05) is 0 Å². The van der Waals surface area contributed by atoms with E-state index in [0.29, 0.717) is 0 Å². The molecule has 0 heterocycles. The van der Waals surface area contributed by atoms with Crippen LogP contribution in [0.2, 0.25) is 5.02 Å². The average Bonchev–Trinajstić information content (AvgIpc) is 1.83. The van der Waals surface area contributed by atoms with E-state index in [1.807, 2.05) is 0 Å². The molecule has 0 aliphatic rings. The van der Waals surface area contributed by atoms with Crippen molar-refractivity contribution in [3.05, 3.63) is 28.8 Å². The summed E-state index contributed by atoms with van der Waals surface area (Å²) in [5.74, 6) is 0. The van der Waals surface area contributed by atoms with Crippen LogP contribution in [0.15, 0.2) is 18.2 Å². The Kier molecular flexibility index (Phi) is 2.59. The Morgan fingerprint density at radius 3 is 2.42 bits per heavy atom. The van der Waals surface area contributed by atoms with E-state index in [1.54, 1.807) is 13.0 Å². The molecule has 1 aromatic rings. The van der Waals surface area contributed by atoms with Crippen LogP contribution < -0.4 is 5.30 Å². The molecule has 0 atom stereocenters. The number of rotatable bonds is 1. The van der Waals surface area contributed by atoms with Crippen LogP contribution in [0.3, 0.4) is 0 Å². The predicted octanol–water partition coefficient (Wildman–Crippen LogP) is 1.45. The van der Waals surface area contributed by atoms with Gasteiger partial charge in [-0.3, -0.25) is 4.57 Å². The molecule has 0 amide bonds. The zero-order chi connectivity index (χ0) is 9.35. The number of halogens is 1. The van der Waals surface area contributed by atoms with Crippen molar-refractivity contribution in [2.24, 2.45) is 0 Å². The molecule has 0 saturated carbocycles. The Morgan fingerprint density at radius 2 is 2.00 bits per heavy atom. The molecule has 0 aliphatic heterocycles. The highest BCUT2D eigenvalue weighted by Crippen LogP contribution is 2.36. The standard InChI is InChI=1S/C7H8ClO3P/c1-5-2-3-7(6(8)4-5)12(9,10)11/h2-4H,1H3,(H2,9,10,11). The Bertz CT molecular complexity index is 345. The van der Waals surface area contributed by atoms with E-state index in [9.17, 15) is 4.57 Å². The molecule has 2 N–H and O–H groups in total. The van der Waals surface area contributed by atoms with Gasteiger partial charge in [-0.05, 0) is 24.6 Å². The van der Waals surface area contributed by atoms with E-state index in [4.69, 9.17) is 21.4 Å². The summed E-state index contributed by atoms with van der Waals surface area (Å²) in [6.07, 6.45) is 0. The maximum absolute atomic E-state index is 10.8. The molecule has 3 nitrogen and oxygen atoms in total. The SMILES string of the molecule is Cc1ccc(P(=O)(O)O)c(Cl)c1. The van der Waals surface area contributed by atoms with Crippen molar-refractivity contribution >= 4 is 24.5 Å². The van der Waals surface area contributed by atoms with Crippen LogP contribution in [-0.4, -0.2) is 9.79 Å². The van der Waals surface area contributed by atoms with Gasteiger partial charge in [-0.2, -0.15) is 0 Å². The number of hydrogen-bond acceptors (Lipinski definition) is 1. The van der Waals surface area contributed by atoms with Crippen LogP contribution in [0.25, 0.3) is 0 Å². The molecule has 0 bridgehead atoms. The molecule has 0 aliphatic carbocycles. The van der Waals surface area contributed by atoms with Crippen molar-refractivity contribution in [2.75, 3.05) is 0 Å². The largest absolute Gasteiger partial charge is 0.357 e. The van der Waals surface area contributed by atoms with Gasteiger partial charge in [0.1, 0.15) is 0 Å². The monoisotopic (exact) mass is 206 g/mol. The fourth-order valence-electron chi connectivity index (χ4n) is 0.848. The second-order valence-electron chi connectivity index (χ2n) is 2.50. The summed E-state index contributed by atoms with van der Waals surface area (Å²) in [6.45, 7) is 1.80. The molecular formula is C7H8ClO3P. The molecule has 66 valence electrons. The molecule has 0 fully saturated rings. The van der Waals surface area contributed by atoms with Gasteiger partial charge in [0.15, 0.2) is 0 Å². The van der Waals surface area contributed by atoms with Crippen molar-refractivity contribution in [1.82, 2.24) is 0 Å². The summed E-state index contributed by atoms with van der Waals surface area (Å²) in [7, 11) is -4.21. The second kappa shape index (κ2) is 3.19. The highest BCUT2D eigenvalue weighted by Gasteiger charge is 2.20. The maximum Gasteiger partial charge on any atom is 0.357 e. The highest BCUT2D eigenvalue weighted by molar-refractivity contribution is 7.60. The average molecular weight is 207 g/mol. The van der Waals surface area contributed by atoms with E-state index in [1.165, 1.54) is 12.1 Å². The van der Waals surface area contributed by atoms with Gasteiger partial charge >= 0.3 is 7.60 Å². The fraction of sp³-hybridized carbons (Fsp3) is 0.143. The van der Waals surface area contributed by atoms with Gasteiger partial charge in [-0.1, -0.05) is 17.7 Å². The summed E-state index contributed by atoms with van der Waals surface area (Å²) in [4.78, 5) is 17.6. The summed E-state index contributed by atoms with van der Waals surface area (Å²) in [5.41, 5.74) is 0.872. The lowest BCUT2D eigenvalue weighted by Crippen LogP contribution is -2.04. The number of hydrogen-bond donors (Lipinski definition) is 2. The molecule has 5 heteroatoms. The van der Waals surface area contributed by atoms with Crippen molar-refractivity contribution in [2.45, 2.75) is 6.92 Å². The van der Waals surface area contributed by atoms with Gasteiger partial charge < -0.3 is 9.79 Å². The molecule has 0 spiro atoms. The lowest BCUT2D eigenvalue weighted by atomic mass is 10.2. The third-order valence-electron chi connectivity index (χ3n) is 1.42. The van der Waals surface area contributed by atoms with E-state index in [-0.39, 0.29) is 10.3 Å². The first kappa shape index (κ1) is 9.75. The Labute approximate surface area is 75.2 Å². The van der Waals surface area contributed by atoms with E-state index < -0.39 is 7.60 Å². The van der Waals surface area contributed by atoms with Gasteiger partial charge in [0.2, 0.25) is 0 Å². The molecule has 12 heavy (non-hydrogen) atoms. The van der Waals surface area contributed by atoms with Crippen molar-refractivity contribution in [3.8, 4) is 0 Å². The van der Waals surface area contributed by atoms with E-state index in [2.05, 4.69) is 0 Å². The van der Waals surface area contributed by atoms with Gasteiger partial charge in [0.25, 0.3) is 0 Å². The van der Waals surface area contributed by atoms with Gasteiger partial charge in [-0.25, -0.2) is 0 Å². The molecular weight excluding hydrogens is 199 g/mol. The van der Waals surface area contributed by atoms with Crippen molar-refractivity contribution in [3.63, 3.8) is 0 Å². The van der Waals surface area contributed by atoms with Crippen LogP contribution in [0.5, 0.6) is 0 Å². The molecule has 1 aromatic carbocycles. The summed E-state index contributed by atoms with van der Waals surface area (Å²) in [5, 5.41) is -0.00176. The van der Waals surface area contributed by atoms with Crippen LogP contribution >= 0.6 is 19.2 Å². The Hall–Kier alpha value is -0.340. The first-order valence-electron chi connectivity index (χ1n) is 3.23. The maximum atomic E-state index is 10.8. The van der Waals surface area contributed by atoms with Gasteiger partial charge in [-0.15, -0.1) is 0 Å². The molecule has 0 radical (unpaired) electrons. The van der Waals surface area contributed by atoms with E-state index in [0.717, 1.165) is 5.56 Å². The predicted molar refractivity (Wildman–Crippen MR) is 47.9 cm³/mol. The van der Waals surface area contributed by atoms with E-state index >= 15 is 0 Å². The minimum Gasteiger partial charge on any atom is -0.321 e. The third kappa shape index (κ3) is 2.08. The van der Waals surface area contributed by atoms with Gasteiger partial charge in [0.05, 0.1) is 10.3 Å². The first-order valence-corrected chi connectivity index (χ1v) is 5.22. The zero-order valence-electron chi connectivity index (χ0n) is 6.36. The third-order valence-corrected chi connectivity index (χ3v) is 2.88. The topological polar surface area (TPSA) is 57.5 Å². The number of benzene rings is 1. The molecule has 0 unspecified atom stereocenters. The first-order chi connectivity index (χ1) is 5.41. The smallest absolute Gasteiger partial charge is 0.321 e. The summed E-state index contributed by atoms with van der Waals surface area (Å²) >= 11 is 5.62. The lowest BCUT2D eigenvalue weighted by Gasteiger charge is -2.05. The minimum absolute atomic E-state index is 0.114. The molecule has 1 rings (SSSR count). The Balaban J connectivity index is 3.28. The zero-order valence-corrected chi connectivity index (χ0v) is 8.01. The Morgan fingerprint density at radius 1 is 1.42 bits per heavy atom. The molecule has 0 aromatic heterocycles. The minimum atomic E-state index is -4.21. The summed E-state index contributed by atoms with van der Waals surface area (Å²) < 4.78 is 10.8. The second-order valence-corrected chi connectivity index (χ2v) is 4.48. The quantitative estimate of drug-likeness (QED) is 0.684. The van der Waals surface area contributed by atoms with Crippen LogP contribution in [0.4, 0.5) is 0 Å². The molecule has 0 saturated heterocycles. The lowest BCUT2D eigenvalue weighted by molar-refractivity contribution is 0.387. The number of aryl methyl sites for hydroxylation is 1. The van der Waals surface area contributed by atoms with Crippen LogP contribution in [0, 0.1) is 6.92 Å². The normalized spacial score (nSPS) is 11.7. The van der Waals surface area contributed by atoms with Crippen LogP contribution in [0.1, 0.15) is 5.56 Å². The fourth-order valence-corrected chi connectivity index (χ4v) is 2.03. The summed E-state index contributed by atoms with van der Waals surface area (Å²) in [6, 6.07) is 4.48.